The molecule has 0 aliphatic heterocycles. The summed E-state index contributed by atoms with van der Waals surface area (Å²) in [7, 11) is -2.35. The first-order valence-corrected chi connectivity index (χ1v) is 13.7. The summed E-state index contributed by atoms with van der Waals surface area (Å²) < 4.78 is 44.5. The topological polar surface area (TPSA) is 17.8 Å². The maximum absolute atomic E-state index is 14.5. The number of hydrogen-bond donors (Lipinski definition) is 0. The SMILES string of the molecule is CCc1ccc(Cc2c([Si](C)(C)C(C)(C)C)nn(-c3ccccc3)c2C(F)(F)F)cc1. The van der Waals surface area contributed by atoms with Crippen molar-refractivity contribution in [2.75, 3.05) is 0 Å². The molecule has 0 fully saturated rings. The molecule has 0 bridgehead atoms. The Hall–Kier alpha value is -2.34. The van der Waals surface area contributed by atoms with Gasteiger partial charge in [-0.2, -0.15) is 18.3 Å². The van der Waals surface area contributed by atoms with E-state index in [1.54, 1.807) is 30.3 Å². The molecular formula is C25H31F3N2Si. The number of alkyl halides is 3. The van der Waals surface area contributed by atoms with Crippen molar-refractivity contribution in [1.29, 1.82) is 0 Å². The fourth-order valence-corrected chi connectivity index (χ4v) is 5.64. The van der Waals surface area contributed by atoms with Gasteiger partial charge in [0.05, 0.1) is 11.0 Å². The summed E-state index contributed by atoms with van der Waals surface area (Å²) in [5.41, 5.74) is 2.13. The third-order valence-corrected chi connectivity index (χ3v) is 11.9. The summed E-state index contributed by atoms with van der Waals surface area (Å²) in [5, 5.41) is 5.16. The van der Waals surface area contributed by atoms with Crippen molar-refractivity contribution in [3.05, 3.63) is 77.0 Å². The van der Waals surface area contributed by atoms with Crippen molar-refractivity contribution in [1.82, 2.24) is 9.78 Å². The molecule has 166 valence electrons. The lowest BCUT2D eigenvalue weighted by Gasteiger charge is -2.36. The van der Waals surface area contributed by atoms with Crippen molar-refractivity contribution in [2.24, 2.45) is 0 Å². The zero-order chi connectivity index (χ0) is 23.0. The van der Waals surface area contributed by atoms with Gasteiger partial charge in [0.1, 0.15) is 8.07 Å². The number of aryl methyl sites for hydroxylation is 1. The molecule has 0 saturated carbocycles. The van der Waals surface area contributed by atoms with Crippen LogP contribution >= 0.6 is 0 Å². The Balaban J connectivity index is 2.29. The highest BCUT2D eigenvalue weighted by Crippen LogP contribution is 2.40. The quantitative estimate of drug-likeness (QED) is 0.398. The predicted molar refractivity (Wildman–Crippen MR) is 124 cm³/mol. The number of rotatable bonds is 5. The first kappa shape index (κ1) is 23.3. The lowest BCUT2D eigenvalue weighted by atomic mass is 10.0. The number of hydrogen-bond acceptors (Lipinski definition) is 1. The minimum absolute atomic E-state index is 0.146. The summed E-state index contributed by atoms with van der Waals surface area (Å²) in [6.07, 6.45) is -3.40. The van der Waals surface area contributed by atoms with Crippen LogP contribution in [0, 0.1) is 0 Å². The molecule has 1 aromatic heterocycles. The van der Waals surface area contributed by atoms with E-state index in [0.717, 1.165) is 16.7 Å². The molecule has 1 heterocycles. The van der Waals surface area contributed by atoms with Crippen LogP contribution in [0.2, 0.25) is 18.1 Å². The third kappa shape index (κ3) is 4.64. The highest BCUT2D eigenvalue weighted by Gasteiger charge is 2.47. The Kier molecular flexibility index (Phi) is 6.25. The summed E-state index contributed by atoms with van der Waals surface area (Å²) in [4.78, 5) is 0. The Morgan fingerprint density at radius 2 is 1.42 bits per heavy atom. The fraction of sp³-hybridized carbons (Fsp3) is 0.400. The van der Waals surface area contributed by atoms with Crippen LogP contribution in [0.15, 0.2) is 54.6 Å². The van der Waals surface area contributed by atoms with E-state index < -0.39 is 19.9 Å². The summed E-state index contributed by atoms with van der Waals surface area (Å²) >= 11 is 0. The number of halogens is 3. The van der Waals surface area contributed by atoms with Gasteiger partial charge in [-0.15, -0.1) is 0 Å². The second-order valence-electron chi connectivity index (χ2n) is 9.64. The zero-order valence-corrected chi connectivity index (χ0v) is 20.1. The van der Waals surface area contributed by atoms with Gasteiger partial charge in [-0.25, -0.2) is 4.68 Å². The van der Waals surface area contributed by atoms with Crippen LogP contribution < -0.4 is 5.32 Å². The van der Waals surface area contributed by atoms with E-state index in [9.17, 15) is 13.2 Å². The molecule has 0 saturated heterocycles. The van der Waals surface area contributed by atoms with Crippen LogP contribution in [-0.2, 0) is 19.0 Å². The van der Waals surface area contributed by atoms with E-state index in [2.05, 4.69) is 45.9 Å². The molecule has 0 aliphatic carbocycles. The van der Waals surface area contributed by atoms with Gasteiger partial charge < -0.3 is 0 Å². The van der Waals surface area contributed by atoms with Crippen molar-refractivity contribution in [3.63, 3.8) is 0 Å². The molecule has 2 nitrogen and oxygen atoms in total. The monoisotopic (exact) mass is 444 g/mol. The summed E-state index contributed by atoms with van der Waals surface area (Å²) in [6, 6.07) is 16.5. The highest BCUT2D eigenvalue weighted by molar-refractivity contribution is 6.91. The molecule has 3 aromatic rings. The second kappa shape index (κ2) is 8.30. The van der Waals surface area contributed by atoms with Crippen molar-refractivity contribution in [2.45, 2.75) is 64.8 Å². The Morgan fingerprint density at radius 3 is 1.90 bits per heavy atom. The van der Waals surface area contributed by atoms with Gasteiger partial charge in [-0.1, -0.05) is 83.3 Å². The van der Waals surface area contributed by atoms with E-state index in [1.807, 2.05) is 24.3 Å². The van der Waals surface area contributed by atoms with Crippen LogP contribution in [-0.4, -0.2) is 17.9 Å². The minimum atomic E-state index is -4.51. The maximum atomic E-state index is 14.5. The van der Waals surface area contributed by atoms with Crippen LogP contribution in [0.4, 0.5) is 13.2 Å². The summed E-state index contributed by atoms with van der Waals surface area (Å²) in [6.45, 7) is 12.6. The zero-order valence-electron chi connectivity index (χ0n) is 19.1. The van der Waals surface area contributed by atoms with Gasteiger partial charge in [0.2, 0.25) is 0 Å². The van der Waals surface area contributed by atoms with E-state index in [1.165, 1.54) is 5.56 Å². The lowest BCUT2D eigenvalue weighted by Crippen LogP contribution is -2.52. The van der Waals surface area contributed by atoms with E-state index >= 15 is 0 Å². The smallest absolute Gasteiger partial charge is 0.228 e. The van der Waals surface area contributed by atoms with Gasteiger partial charge in [0, 0.05) is 12.0 Å². The largest absolute Gasteiger partial charge is 0.433 e. The molecule has 0 spiro atoms. The van der Waals surface area contributed by atoms with Gasteiger partial charge in [-0.3, -0.25) is 0 Å². The normalized spacial score (nSPS) is 12.9. The van der Waals surface area contributed by atoms with E-state index in [0.29, 0.717) is 16.6 Å². The number of nitrogens with zero attached hydrogens (tertiary/aromatic N) is 2. The molecule has 2 aromatic carbocycles. The maximum Gasteiger partial charge on any atom is 0.433 e. The molecule has 3 rings (SSSR count). The molecule has 0 N–H and O–H groups in total. The van der Waals surface area contributed by atoms with Crippen LogP contribution in [0.1, 0.15) is 50.1 Å². The van der Waals surface area contributed by atoms with E-state index in [4.69, 9.17) is 0 Å². The molecule has 0 radical (unpaired) electrons. The average Bonchev–Trinajstić information content (AvgIpc) is 3.08. The molecule has 31 heavy (non-hydrogen) atoms. The van der Waals surface area contributed by atoms with Crippen molar-refractivity contribution in [3.8, 4) is 5.69 Å². The highest BCUT2D eigenvalue weighted by atomic mass is 28.3. The van der Waals surface area contributed by atoms with Gasteiger partial charge in [0.15, 0.2) is 5.69 Å². The standard InChI is InChI=1S/C25H31F3N2Si/c1-7-18-13-15-19(16-14-18)17-21-22(25(26,27)28)30(20-11-9-8-10-12-20)29-23(21)31(5,6)24(2,3)4/h8-16H,7,17H2,1-6H3. The Labute approximate surface area is 184 Å². The predicted octanol–water partition coefficient (Wildman–Crippen LogP) is 6.76. The molecular weight excluding hydrogens is 413 g/mol. The van der Waals surface area contributed by atoms with Gasteiger partial charge >= 0.3 is 6.18 Å². The van der Waals surface area contributed by atoms with Gasteiger partial charge in [0.25, 0.3) is 0 Å². The Morgan fingerprint density at radius 1 is 0.871 bits per heavy atom. The molecule has 0 atom stereocenters. The number of benzene rings is 2. The van der Waals surface area contributed by atoms with E-state index in [-0.39, 0.29) is 11.5 Å². The molecule has 0 aliphatic rings. The third-order valence-electron chi connectivity index (χ3n) is 6.53. The first-order valence-electron chi connectivity index (χ1n) is 10.7. The number of aromatic nitrogens is 2. The minimum Gasteiger partial charge on any atom is -0.228 e. The van der Waals surface area contributed by atoms with Crippen LogP contribution in [0.25, 0.3) is 5.69 Å². The lowest BCUT2D eigenvalue weighted by molar-refractivity contribution is -0.143. The first-order chi connectivity index (χ1) is 14.4. The van der Waals surface area contributed by atoms with Gasteiger partial charge in [-0.05, 0) is 34.7 Å². The second-order valence-corrected chi connectivity index (χ2v) is 14.9. The van der Waals surface area contributed by atoms with Crippen LogP contribution in [0.5, 0.6) is 0 Å². The Bertz CT molecular complexity index is 1030. The number of para-hydroxylation sites is 1. The van der Waals surface area contributed by atoms with Crippen molar-refractivity contribution < 1.29 is 13.2 Å². The summed E-state index contributed by atoms with van der Waals surface area (Å²) in [5.74, 6) is 0. The fourth-order valence-electron chi connectivity index (χ4n) is 3.62. The molecule has 6 heteroatoms. The molecule has 0 unspecified atom stereocenters. The molecule has 0 amide bonds. The van der Waals surface area contributed by atoms with Crippen molar-refractivity contribution >= 4 is 13.4 Å². The average molecular weight is 445 g/mol. The van der Waals surface area contributed by atoms with Crippen LogP contribution in [0.3, 0.4) is 0 Å².